The summed E-state index contributed by atoms with van der Waals surface area (Å²) in [7, 11) is -9.93. The van der Waals surface area contributed by atoms with Gasteiger partial charge < -0.3 is 33.8 Å². The van der Waals surface area contributed by atoms with Crippen LogP contribution in [0, 0.1) is 11.8 Å². The highest BCUT2D eigenvalue weighted by Gasteiger charge is 2.31. The Morgan fingerprint density at radius 3 is 0.630 bits per heavy atom. The number of hydrogen-bond donors (Lipinski definition) is 3. The van der Waals surface area contributed by atoms with Gasteiger partial charge in [-0.15, -0.1) is 0 Å². The molecule has 0 aliphatic carbocycles. The third-order valence-corrected chi connectivity index (χ3v) is 22.9. The number of carbonyl (C=O) groups excluding carboxylic acids is 4. The van der Waals surface area contributed by atoms with Gasteiger partial charge in [0.1, 0.15) is 19.3 Å². The van der Waals surface area contributed by atoms with E-state index in [4.69, 9.17) is 37.0 Å². The average Bonchev–Trinajstić information content (AvgIpc) is 0.897. The van der Waals surface area contributed by atoms with Gasteiger partial charge in [-0.05, 0) is 37.5 Å². The highest BCUT2D eigenvalue weighted by molar-refractivity contribution is 7.47. The van der Waals surface area contributed by atoms with Gasteiger partial charge in [0.2, 0.25) is 0 Å². The van der Waals surface area contributed by atoms with Gasteiger partial charge in [-0.25, -0.2) is 9.13 Å². The number of hydrogen-bond acceptors (Lipinski definition) is 15. The van der Waals surface area contributed by atoms with Crippen molar-refractivity contribution in [2.45, 2.75) is 496 Å². The molecule has 0 bridgehead atoms. The molecule has 0 heterocycles. The molecule has 0 radical (unpaired) electrons. The predicted octanol–water partition coefficient (Wildman–Crippen LogP) is 27.4. The van der Waals surface area contributed by atoms with E-state index in [2.05, 4.69) is 41.5 Å². The van der Waals surface area contributed by atoms with E-state index in [0.717, 1.165) is 102 Å². The number of esters is 4. The molecule has 0 rings (SSSR count). The second-order valence-electron chi connectivity index (χ2n) is 32.9. The Morgan fingerprint density at radius 1 is 0.250 bits per heavy atom. The summed E-state index contributed by atoms with van der Waals surface area (Å²) in [6, 6.07) is 0. The van der Waals surface area contributed by atoms with Crippen LogP contribution in [-0.2, 0) is 65.4 Å². The molecule has 0 aromatic heterocycles. The van der Waals surface area contributed by atoms with Gasteiger partial charge in [0.05, 0.1) is 26.4 Å². The number of phosphoric acid groups is 2. The molecule has 3 N–H and O–H groups in total. The molecule has 642 valence electrons. The smallest absolute Gasteiger partial charge is 0.462 e. The van der Waals surface area contributed by atoms with E-state index in [0.29, 0.717) is 25.7 Å². The molecule has 0 aliphatic heterocycles. The number of aliphatic hydroxyl groups is 1. The molecule has 17 nitrogen and oxygen atoms in total. The number of aliphatic hydroxyl groups excluding tert-OH is 1. The highest BCUT2D eigenvalue weighted by atomic mass is 31.2. The number of rotatable bonds is 88. The summed E-state index contributed by atoms with van der Waals surface area (Å²) in [5, 5.41) is 10.7. The summed E-state index contributed by atoms with van der Waals surface area (Å²) in [6.07, 6.45) is 73.5. The van der Waals surface area contributed by atoms with E-state index < -0.39 is 97.5 Å². The quantitative estimate of drug-likeness (QED) is 0.0222. The van der Waals surface area contributed by atoms with Crippen molar-refractivity contribution in [3.05, 3.63) is 0 Å². The fourth-order valence-corrected chi connectivity index (χ4v) is 15.5. The van der Waals surface area contributed by atoms with Crippen LogP contribution in [0.15, 0.2) is 0 Å². The maximum atomic E-state index is 13.2. The summed E-state index contributed by atoms with van der Waals surface area (Å²) < 4.78 is 69.0. The molecular weight excluding hydrogens is 1400 g/mol. The summed E-state index contributed by atoms with van der Waals surface area (Å²) in [4.78, 5) is 73.4. The zero-order chi connectivity index (χ0) is 79.2. The Hall–Kier alpha value is -1.94. The van der Waals surface area contributed by atoms with E-state index in [-0.39, 0.29) is 25.7 Å². The first-order valence-corrected chi connectivity index (χ1v) is 49.0. The van der Waals surface area contributed by atoms with E-state index >= 15 is 0 Å². The topological polar surface area (TPSA) is 237 Å². The number of phosphoric ester groups is 2. The van der Waals surface area contributed by atoms with Crippen LogP contribution in [0.4, 0.5) is 0 Å². The Balaban J connectivity index is 5.25. The van der Waals surface area contributed by atoms with Crippen LogP contribution in [0.25, 0.3) is 0 Å². The lowest BCUT2D eigenvalue weighted by Crippen LogP contribution is -2.30. The minimum atomic E-state index is -4.97. The maximum Gasteiger partial charge on any atom is 0.472 e. The van der Waals surface area contributed by atoms with Crippen molar-refractivity contribution in [2.24, 2.45) is 11.8 Å². The summed E-state index contributed by atoms with van der Waals surface area (Å²) >= 11 is 0. The minimum Gasteiger partial charge on any atom is -0.462 e. The Morgan fingerprint density at radius 2 is 0.426 bits per heavy atom. The molecule has 0 saturated heterocycles. The second-order valence-corrected chi connectivity index (χ2v) is 35.8. The predicted molar refractivity (Wildman–Crippen MR) is 446 cm³/mol. The van der Waals surface area contributed by atoms with Crippen LogP contribution in [0.5, 0.6) is 0 Å². The van der Waals surface area contributed by atoms with Crippen molar-refractivity contribution in [1.29, 1.82) is 0 Å². The van der Waals surface area contributed by atoms with Crippen molar-refractivity contribution < 1.29 is 80.2 Å². The molecule has 0 saturated carbocycles. The second kappa shape index (κ2) is 80.3. The van der Waals surface area contributed by atoms with E-state index in [9.17, 15) is 43.2 Å². The van der Waals surface area contributed by atoms with Crippen molar-refractivity contribution in [3.63, 3.8) is 0 Å². The van der Waals surface area contributed by atoms with Gasteiger partial charge in [0.25, 0.3) is 0 Å². The molecule has 2 unspecified atom stereocenters. The SMILES string of the molecule is CCCCCCCCCCCCCCCCCCCCCCC(=O)O[C@H](COC(=O)CCCCCCCCCCCCCCCCCCC(C)C)COP(=O)(O)OC[C@@H](O)COP(=O)(O)OC[C@@H](COC(=O)CCCCCCCCCCCCCC)OC(=O)CCCCCCCCCCCCCCCCC(C)C. The van der Waals surface area contributed by atoms with Crippen LogP contribution in [0.1, 0.15) is 478 Å². The molecule has 5 atom stereocenters. The Kier molecular flexibility index (Phi) is 78.8. The number of unbranched alkanes of at least 4 members (excludes halogenated alkanes) is 58. The summed E-state index contributed by atoms with van der Waals surface area (Å²) in [5.41, 5.74) is 0. The molecule has 19 heteroatoms. The van der Waals surface area contributed by atoms with Gasteiger partial charge >= 0.3 is 39.5 Å². The van der Waals surface area contributed by atoms with Crippen LogP contribution >= 0.6 is 15.6 Å². The van der Waals surface area contributed by atoms with Crippen LogP contribution in [0.2, 0.25) is 0 Å². The summed E-state index contributed by atoms with van der Waals surface area (Å²) in [5.74, 6) is -0.488. The average molecular weight is 1580 g/mol. The van der Waals surface area contributed by atoms with Gasteiger partial charge in [-0.2, -0.15) is 0 Å². The Bertz CT molecular complexity index is 2060. The molecule has 108 heavy (non-hydrogen) atoms. The number of carbonyl (C=O) groups is 4. The van der Waals surface area contributed by atoms with Crippen LogP contribution in [-0.4, -0.2) is 96.7 Å². The van der Waals surface area contributed by atoms with Gasteiger partial charge in [0, 0.05) is 25.7 Å². The fourth-order valence-electron chi connectivity index (χ4n) is 14.0. The molecule has 0 amide bonds. The van der Waals surface area contributed by atoms with Crippen LogP contribution in [0.3, 0.4) is 0 Å². The molecule has 0 aromatic rings. The third-order valence-electron chi connectivity index (χ3n) is 21.0. The van der Waals surface area contributed by atoms with Crippen molar-refractivity contribution >= 4 is 39.5 Å². The lowest BCUT2D eigenvalue weighted by molar-refractivity contribution is -0.161. The monoisotopic (exact) mass is 1580 g/mol. The first kappa shape index (κ1) is 106. The van der Waals surface area contributed by atoms with Crippen molar-refractivity contribution in [3.8, 4) is 0 Å². The Labute approximate surface area is 664 Å². The molecule has 0 spiro atoms. The van der Waals surface area contributed by atoms with Crippen LogP contribution < -0.4 is 0 Å². The largest absolute Gasteiger partial charge is 0.472 e. The highest BCUT2D eigenvalue weighted by Crippen LogP contribution is 2.45. The van der Waals surface area contributed by atoms with Gasteiger partial charge in [-0.3, -0.25) is 37.3 Å². The van der Waals surface area contributed by atoms with E-state index in [1.54, 1.807) is 0 Å². The van der Waals surface area contributed by atoms with Crippen molar-refractivity contribution in [2.75, 3.05) is 39.6 Å². The zero-order valence-corrected chi connectivity index (χ0v) is 73.0. The fraction of sp³-hybridized carbons (Fsp3) is 0.955. The molecule has 0 fully saturated rings. The van der Waals surface area contributed by atoms with E-state index in [1.165, 1.54) is 295 Å². The van der Waals surface area contributed by atoms with Crippen molar-refractivity contribution in [1.82, 2.24) is 0 Å². The van der Waals surface area contributed by atoms with E-state index in [1.807, 2.05) is 0 Å². The first-order chi connectivity index (χ1) is 52.4. The lowest BCUT2D eigenvalue weighted by Gasteiger charge is -2.21. The standard InChI is InChI=1S/C89H174O17P2/c1-7-9-11-13-15-17-19-21-22-23-24-25-26-31-37-43-49-55-61-67-73-88(93)106-85(78-100-87(92)72-66-60-54-48-42-36-30-28-27-29-34-39-45-51-57-63-69-81(3)4)80-104-108(97,98)102-76-83(90)75-101-107(95,96)103-79-84(77-99-86(91)71-65-59-53-47-41-20-18-16-14-12-10-8-2)105-89(94)74-68-62-56-50-44-38-33-32-35-40-46-52-58-64-70-82(5)6/h81-85,90H,7-80H2,1-6H3,(H,95,96)(H,97,98)/t83-,84+,85+/m0/s1. The maximum absolute atomic E-state index is 13.2. The summed E-state index contributed by atoms with van der Waals surface area (Å²) in [6.45, 7) is 9.75. The normalized spacial score (nSPS) is 13.8. The third kappa shape index (κ3) is 82.1. The van der Waals surface area contributed by atoms with Gasteiger partial charge in [0.15, 0.2) is 12.2 Å². The van der Waals surface area contributed by atoms with Gasteiger partial charge in [-0.1, -0.05) is 427 Å². The molecule has 0 aromatic carbocycles. The first-order valence-electron chi connectivity index (χ1n) is 46.0. The minimum absolute atomic E-state index is 0.108. The molecule has 0 aliphatic rings. The molecular formula is C89H174O17P2. The number of ether oxygens (including phenoxy) is 4. The zero-order valence-electron chi connectivity index (χ0n) is 71.2. The lowest BCUT2D eigenvalue weighted by atomic mass is 10.0.